The average Bonchev–Trinajstić information content (AvgIpc) is 2.87. The molecule has 118 valence electrons. The zero-order valence-corrected chi connectivity index (χ0v) is 12.7. The average molecular weight is 302 g/mol. The van der Waals surface area contributed by atoms with Crippen molar-refractivity contribution >= 4 is 10.9 Å². The smallest absolute Gasteiger partial charge is 0.111 e. The van der Waals surface area contributed by atoms with Gasteiger partial charge >= 0.3 is 0 Å². The van der Waals surface area contributed by atoms with Gasteiger partial charge in [-0.2, -0.15) is 0 Å². The van der Waals surface area contributed by atoms with Gasteiger partial charge in [0.25, 0.3) is 0 Å². The number of rotatable bonds is 3. The fourth-order valence-corrected chi connectivity index (χ4v) is 4.36. The highest BCUT2D eigenvalue weighted by Gasteiger charge is 2.49. The summed E-state index contributed by atoms with van der Waals surface area (Å²) in [6.45, 7) is 0.738. The van der Waals surface area contributed by atoms with E-state index in [1.54, 1.807) is 7.11 Å². The summed E-state index contributed by atoms with van der Waals surface area (Å²) in [5.41, 5.74) is 4.14. The molecule has 0 radical (unpaired) electrons. The molecule has 1 fully saturated rings. The molecule has 4 rings (SSSR count). The van der Waals surface area contributed by atoms with E-state index in [0.29, 0.717) is 19.4 Å². The van der Waals surface area contributed by atoms with Crippen LogP contribution in [0.25, 0.3) is 10.9 Å². The number of hydrogen-bond acceptors (Lipinski definition) is 4. The SMILES string of the molecule is CO[C@]12C[C@@H](O)CN[C@@H]1Cc1c(CCO)[nH]c3cccc2c13. The zero-order chi connectivity index (χ0) is 15.3. The van der Waals surface area contributed by atoms with E-state index in [-0.39, 0.29) is 12.6 Å². The first kappa shape index (κ1) is 14.2. The van der Waals surface area contributed by atoms with Crippen LogP contribution in [0, 0.1) is 0 Å². The number of methoxy groups -OCH3 is 1. The predicted molar refractivity (Wildman–Crippen MR) is 83.9 cm³/mol. The minimum Gasteiger partial charge on any atom is -0.396 e. The lowest BCUT2D eigenvalue weighted by atomic mass is 9.71. The van der Waals surface area contributed by atoms with Crippen molar-refractivity contribution in [3.63, 3.8) is 0 Å². The molecule has 2 aromatic rings. The molecule has 0 spiro atoms. The molecule has 5 heteroatoms. The van der Waals surface area contributed by atoms with Gasteiger partial charge in [0.15, 0.2) is 0 Å². The van der Waals surface area contributed by atoms with Gasteiger partial charge in [-0.15, -0.1) is 0 Å². The third kappa shape index (κ3) is 1.80. The topological polar surface area (TPSA) is 77.5 Å². The molecule has 1 aliphatic carbocycles. The lowest BCUT2D eigenvalue weighted by Gasteiger charge is -2.48. The molecule has 2 heterocycles. The summed E-state index contributed by atoms with van der Waals surface area (Å²) in [6, 6.07) is 6.36. The summed E-state index contributed by atoms with van der Waals surface area (Å²) in [7, 11) is 1.73. The van der Waals surface area contributed by atoms with Crippen LogP contribution in [0.1, 0.15) is 23.2 Å². The largest absolute Gasteiger partial charge is 0.396 e. The van der Waals surface area contributed by atoms with Crippen molar-refractivity contribution in [1.82, 2.24) is 10.3 Å². The van der Waals surface area contributed by atoms with Gasteiger partial charge in [-0.3, -0.25) is 0 Å². The second-order valence-corrected chi connectivity index (χ2v) is 6.40. The lowest BCUT2D eigenvalue weighted by molar-refractivity contribution is -0.100. The van der Waals surface area contributed by atoms with Gasteiger partial charge in [-0.1, -0.05) is 12.1 Å². The molecule has 1 aromatic heterocycles. The first-order chi connectivity index (χ1) is 10.7. The number of aliphatic hydroxyl groups is 2. The number of nitrogens with one attached hydrogen (secondary N) is 2. The molecule has 3 atom stereocenters. The van der Waals surface area contributed by atoms with Crippen LogP contribution >= 0.6 is 0 Å². The number of hydrogen-bond donors (Lipinski definition) is 4. The summed E-state index contributed by atoms with van der Waals surface area (Å²) >= 11 is 0. The maximum absolute atomic E-state index is 10.2. The van der Waals surface area contributed by atoms with Gasteiger partial charge in [0, 0.05) is 55.7 Å². The van der Waals surface area contributed by atoms with Crippen LogP contribution in [0.2, 0.25) is 0 Å². The third-order valence-corrected chi connectivity index (χ3v) is 5.31. The van der Waals surface area contributed by atoms with Gasteiger partial charge in [0.2, 0.25) is 0 Å². The highest BCUT2D eigenvalue weighted by molar-refractivity contribution is 5.90. The maximum Gasteiger partial charge on any atom is 0.111 e. The van der Waals surface area contributed by atoms with E-state index in [9.17, 15) is 10.2 Å². The molecular formula is C17H22N2O3. The molecule has 1 saturated heterocycles. The highest BCUT2D eigenvalue weighted by Crippen LogP contribution is 2.46. The minimum atomic E-state index is -0.483. The monoisotopic (exact) mass is 302 g/mol. The summed E-state index contributed by atoms with van der Waals surface area (Å²) < 4.78 is 5.98. The van der Waals surface area contributed by atoms with Crippen LogP contribution in [-0.4, -0.2) is 47.6 Å². The molecule has 1 aromatic carbocycles. The maximum atomic E-state index is 10.2. The number of ether oxygens (including phenoxy) is 1. The van der Waals surface area contributed by atoms with E-state index in [1.165, 1.54) is 10.9 Å². The van der Waals surface area contributed by atoms with Crippen LogP contribution < -0.4 is 5.32 Å². The van der Waals surface area contributed by atoms with Crippen molar-refractivity contribution in [2.75, 3.05) is 20.3 Å². The van der Waals surface area contributed by atoms with E-state index in [1.807, 2.05) is 6.07 Å². The Bertz CT molecular complexity index is 711. The van der Waals surface area contributed by atoms with Gasteiger partial charge in [0.05, 0.1) is 6.10 Å². The van der Waals surface area contributed by atoms with E-state index < -0.39 is 11.7 Å². The van der Waals surface area contributed by atoms with Crippen molar-refractivity contribution in [2.24, 2.45) is 0 Å². The van der Waals surface area contributed by atoms with E-state index in [0.717, 1.165) is 23.2 Å². The lowest BCUT2D eigenvalue weighted by Crippen LogP contribution is -2.60. The summed E-state index contributed by atoms with van der Waals surface area (Å²) in [6.07, 6.45) is 1.70. The number of H-pyrrole nitrogens is 1. The number of aromatic amines is 1. The number of benzene rings is 1. The second-order valence-electron chi connectivity index (χ2n) is 6.40. The highest BCUT2D eigenvalue weighted by atomic mass is 16.5. The molecule has 22 heavy (non-hydrogen) atoms. The van der Waals surface area contributed by atoms with Crippen LogP contribution in [-0.2, 0) is 23.2 Å². The first-order valence-electron chi connectivity index (χ1n) is 7.90. The Hall–Kier alpha value is -1.40. The van der Waals surface area contributed by atoms with Crippen molar-refractivity contribution in [1.29, 1.82) is 0 Å². The van der Waals surface area contributed by atoms with Crippen molar-refractivity contribution in [2.45, 2.75) is 37.0 Å². The van der Waals surface area contributed by atoms with Crippen LogP contribution in [0.15, 0.2) is 18.2 Å². The number of aromatic nitrogens is 1. The fraction of sp³-hybridized carbons (Fsp3) is 0.529. The molecule has 5 nitrogen and oxygen atoms in total. The van der Waals surface area contributed by atoms with Crippen LogP contribution in [0.3, 0.4) is 0 Å². The Balaban J connectivity index is 1.97. The molecule has 0 amide bonds. The Labute approximate surface area is 129 Å². The Morgan fingerprint density at radius 3 is 3.05 bits per heavy atom. The van der Waals surface area contributed by atoms with E-state index >= 15 is 0 Å². The molecule has 0 unspecified atom stereocenters. The first-order valence-corrected chi connectivity index (χ1v) is 7.90. The van der Waals surface area contributed by atoms with Crippen LogP contribution in [0.4, 0.5) is 0 Å². The fourth-order valence-electron chi connectivity index (χ4n) is 4.36. The number of piperidine rings is 1. The quantitative estimate of drug-likeness (QED) is 0.677. The molecule has 0 bridgehead atoms. The van der Waals surface area contributed by atoms with Crippen LogP contribution in [0.5, 0.6) is 0 Å². The van der Waals surface area contributed by atoms with Gasteiger partial charge in [0.1, 0.15) is 5.60 Å². The Morgan fingerprint density at radius 2 is 2.27 bits per heavy atom. The van der Waals surface area contributed by atoms with Gasteiger partial charge in [-0.25, -0.2) is 0 Å². The van der Waals surface area contributed by atoms with Crippen molar-refractivity contribution in [3.8, 4) is 0 Å². The van der Waals surface area contributed by atoms with E-state index in [4.69, 9.17) is 4.74 Å². The minimum absolute atomic E-state index is 0.140. The summed E-state index contributed by atoms with van der Waals surface area (Å²) in [4.78, 5) is 3.45. The third-order valence-electron chi connectivity index (χ3n) is 5.31. The van der Waals surface area contributed by atoms with E-state index in [2.05, 4.69) is 22.4 Å². The number of fused-ring (bicyclic) bond motifs is 2. The Kier molecular flexibility index (Phi) is 3.27. The Morgan fingerprint density at radius 1 is 1.41 bits per heavy atom. The predicted octanol–water partition coefficient (Wildman–Crippen LogP) is 0.823. The molecular weight excluding hydrogens is 280 g/mol. The number of aliphatic hydroxyl groups excluding tert-OH is 2. The second kappa shape index (κ2) is 5.06. The van der Waals surface area contributed by atoms with Crippen molar-refractivity contribution in [3.05, 3.63) is 35.0 Å². The number of β-amino-alcohol motifs (C(OH)–C–C–N with tert-alkyl or cyclic N) is 1. The molecule has 4 N–H and O–H groups in total. The van der Waals surface area contributed by atoms with Gasteiger partial charge < -0.3 is 25.3 Å². The molecule has 1 aliphatic heterocycles. The van der Waals surface area contributed by atoms with Crippen molar-refractivity contribution < 1.29 is 14.9 Å². The zero-order valence-electron chi connectivity index (χ0n) is 12.7. The van der Waals surface area contributed by atoms with Gasteiger partial charge in [-0.05, 0) is 23.6 Å². The normalized spacial score (nSPS) is 30.5. The standard InChI is InChI=1S/C17H22N2O3/c1-22-17-8-10(21)9-18-15(17)7-11-13(5-6-20)19-14-4-2-3-12(17)16(11)14/h2-4,10,15,18-21H,5-9H2,1H3/t10-,15-,17+/m1/s1. The summed E-state index contributed by atoms with van der Waals surface area (Å²) in [5.74, 6) is 0. The summed E-state index contributed by atoms with van der Waals surface area (Å²) in [5, 5.41) is 24.1. The molecule has 0 saturated carbocycles. The molecule has 2 aliphatic rings.